The van der Waals surface area contributed by atoms with Crippen molar-refractivity contribution in [2.24, 2.45) is 0 Å². The Morgan fingerprint density at radius 3 is 2.59 bits per heavy atom. The van der Waals surface area contributed by atoms with E-state index in [0.29, 0.717) is 22.9 Å². The molecule has 0 radical (unpaired) electrons. The van der Waals surface area contributed by atoms with Crippen LogP contribution in [-0.4, -0.2) is 49.0 Å². The Hall–Kier alpha value is -2.97. The number of anilines is 1. The average Bonchev–Trinajstić information content (AvgIpc) is 3.31. The zero-order valence-corrected chi connectivity index (χ0v) is 18.7. The third-order valence-electron chi connectivity index (χ3n) is 5.34. The van der Waals surface area contributed by atoms with Crippen LogP contribution in [0.3, 0.4) is 0 Å². The molecule has 1 aliphatic carbocycles. The first-order valence-corrected chi connectivity index (χ1v) is 11.0. The first kappa shape index (κ1) is 23.7. The Labute approximate surface area is 192 Å². The van der Waals surface area contributed by atoms with Crippen LogP contribution in [-0.2, 0) is 19.1 Å². The maximum absolute atomic E-state index is 13.4. The number of amides is 3. The number of halogens is 1. The summed E-state index contributed by atoms with van der Waals surface area (Å²) in [5.41, 5.74) is 0.709. The first-order chi connectivity index (χ1) is 15.5. The van der Waals surface area contributed by atoms with Gasteiger partial charge in [0.2, 0.25) is 5.91 Å². The Morgan fingerprint density at radius 2 is 1.94 bits per heavy atom. The normalized spacial score (nSPS) is 14.6. The minimum atomic E-state index is -1.17. The van der Waals surface area contributed by atoms with Gasteiger partial charge < -0.3 is 15.4 Å². The minimum Gasteiger partial charge on any atom is -0.383 e. The molecule has 1 fully saturated rings. The standard InChI is InChI=1S/C23H27ClN4O4/c1-32-14-13-26-21(29)20(18-10-4-5-11-19(18)24)28(17-9-6-12-25-15-17)23(31)22(30)27-16-7-2-3-8-16/h4-6,9-12,15-16,20H,2-3,7-8,13-14H2,1H3,(H,26,29)(H,27,30). The van der Waals surface area contributed by atoms with Crippen molar-refractivity contribution in [2.75, 3.05) is 25.2 Å². The van der Waals surface area contributed by atoms with Gasteiger partial charge in [-0.05, 0) is 31.0 Å². The van der Waals surface area contributed by atoms with Crippen molar-refractivity contribution in [3.05, 3.63) is 59.4 Å². The van der Waals surface area contributed by atoms with E-state index in [1.54, 1.807) is 42.6 Å². The molecule has 1 aromatic carbocycles. The van der Waals surface area contributed by atoms with Gasteiger partial charge in [-0.2, -0.15) is 0 Å². The van der Waals surface area contributed by atoms with Crippen molar-refractivity contribution in [1.82, 2.24) is 15.6 Å². The number of rotatable bonds is 8. The molecule has 3 amide bonds. The highest BCUT2D eigenvalue weighted by atomic mass is 35.5. The monoisotopic (exact) mass is 458 g/mol. The van der Waals surface area contributed by atoms with Crippen molar-refractivity contribution in [3.8, 4) is 0 Å². The van der Waals surface area contributed by atoms with Gasteiger partial charge in [0.05, 0.1) is 18.5 Å². The van der Waals surface area contributed by atoms with Crippen molar-refractivity contribution in [1.29, 1.82) is 0 Å². The highest BCUT2D eigenvalue weighted by Crippen LogP contribution is 2.32. The predicted octanol–water partition coefficient (Wildman–Crippen LogP) is 2.63. The summed E-state index contributed by atoms with van der Waals surface area (Å²) in [5.74, 6) is -2.10. The Balaban J connectivity index is 2.00. The second kappa shape index (κ2) is 11.6. The molecule has 1 atom stereocenters. The van der Waals surface area contributed by atoms with Crippen molar-refractivity contribution < 1.29 is 19.1 Å². The van der Waals surface area contributed by atoms with Crippen molar-refractivity contribution >= 4 is 35.0 Å². The minimum absolute atomic E-state index is 0.0449. The molecule has 8 nitrogen and oxygen atoms in total. The molecule has 0 aliphatic heterocycles. The molecule has 0 spiro atoms. The van der Waals surface area contributed by atoms with Crippen LogP contribution in [0.1, 0.15) is 37.3 Å². The maximum atomic E-state index is 13.4. The van der Waals surface area contributed by atoms with E-state index in [-0.39, 0.29) is 12.6 Å². The fraction of sp³-hybridized carbons (Fsp3) is 0.391. The van der Waals surface area contributed by atoms with Gasteiger partial charge in [0.1, 0.15) is 6.04 Å². The summed E-state index contributed by atoms with van der Waals surface area (Å²) in [6.45, 7) is 0.531. The SMILES string of the molecule is COCCNC(=O)C(c1ccccc1Cl)N(C(=O)C(=O)NC1CCCC1)c1cccnc1. The molecule has 2 N–H and O–H groups in total. The molecule has 170 valence electrons. The first-order valence-electron chi connectivity index (χ1n) is 10.6. The summed E-state index contributed by atoms with van der Waals surface area (Å²) in [4.78, 5) is 44.9. The zero-order valence-electron chi connectivity index (χ0n) is 17.9. The number of pyridine rings is 1. The van der Waals surface area contributed by atoms with Crippen LogP contribution in [0.25, 0.3) is 0 Å². The van der Waals surface area contributed by atoms with E-state index in [0.717, 1.165) is 30.6 Å². The lowest BCUT2D eigenvalue weighted by atomic mass is 10.0. The number of hydrogen-bond donors (Lipinski definition) is 2. The summed E-state index contributed by atoms with van der Waals surface area (Å²) < 4.78 is 5.01. The largest absolute Gasteiger partial charge is 0.383 e. The van der Waals surface area contributed by atoms with Gasteiger partial charge in [-0.15, -0.1) is 0 Å². The molecule has 0 bridgehead atoms. The number of carbonyl (C=O) groups excluding carboxylic acids is 3. The molecule has 3 rings (SSSR count). The Kier molecular flexibility index (Phi) is 8.58. The summed E-state index contributed by atoms with van der Waals surface area (Å²) in [6.07, 6.45) is 6.67. The number of nitrogens with zero attached hydrogens (tertiary/aromatic N) is 2. The number of methoxy groups -OCH3 is 1. The van der Waals surface area contributed by atoms with E-state index >= 15 is 0 Å². The highest BCUT2D eigenvalue weighted by molar-refractivity contribution is 6.41. The third-order valence-corrected chi connectivity index (χ3v) is 5.68. The van der Waals surface area contributed by atoms with E-state index in [2.05, 4.69) is 15.6 Å². The Morgan fingerprint density at radius 1 is 1.19 bits per heavy atom. The molecule has 1 aromatic heterocycles. The number of aromatic nitrogens is 1. The molecule has 32 heavy (non-hydrogen) atoms. The quantitative estimate of drug-likeness (QED) is 0.468. The van der Waals surface area contributed by atoms with Gasteiger partial charge in [-0.25, -0.2) is 0 Å². The molecular formula is C23H27ClN4O4. The van der Waals surface area contributed by atoms with Crippen LogP contribution in [0, 0.1) is 0 Å². The summed E-state index contributed by atoms with van der Waals surface area (Å²) >= 11 is 6.42. The lowest BCUT2D eigenvalue weighted by Crippen LogP contribution is -2.51. The smallest absolute Gasteiger partial charge is 0.317 e. The van der Waals surface area contributed by atoms with Gasteiger partial charge in [0.25, 0.3) is 0 Å². The van der Waals surface area contributed by atoms with Crippen LogP contribution < -0.4 is 15.5 Å². The summed E-state index contributed by atoms with van der Waals surface area (Å²) in [5, 5.41) is 5.87. The lowest BCUT2D eigenvalue weighted by Gasteiger charge is -2.31. The second-order valence-corrected chi connectivity index (χ2v) is 7.96. The fourth-order valence-corrected chi connectivity index (χ4v) is 4.01. The van der Waals surface area contributed by atoms with Crippen LogP contribution in [0.2, 0.25) is 5.02 Å². The average molecular weight is 459 g/mol. The Bertz CT molecular complexity index is 935. The molecule has 1 heterocycles. The zero-order chi connectivity index (χ0) is 22.9. The predicted molar refractivity (Wildman–Crippen MR) is 121 cm³/mol. The molecule has 1 unspecified atom stereocenters. The summed E-state index contributed by atoms with van der Waals surface area (Å²) in [6, 6.07) is 8.79. The molecule has 9 heteroatoms. The third kappa shape index (κ3) is 5.83. The topological polar surface area (TPSA) is 101 Å². The van der Waals surface area contributed by atoms with E-state index in [1.807, 2.05) is 0 Å². The van der Waals surface area contributed by atoms with Gasteiger partial charge in [0, 0.05) is 36.5 Å². The van der Waals surface area contributed by atoms with Crippen LogP contribution in [0.5, 0.6) is 0 Å². The van der Waals surface area contributed by atoms with Crippen LogP contribution in [0.4, 0.5) is 5.69 Å². The number of nitrogens with one attached hydrogen (secondary N) is 2. The van der Waals surface area contributed by atoms with Crippen molar-refractivity contribution in [2.45, 2.75) is 37.8 Å². The van der Waals surface area contributed by atoms with Gasteiger partial charge in [-0.3, -0.25) is 24.3 Å². The van der Waals surface area contributed by atoms with Crippen molar-refractivity contribution in [3.63, 3.8) is 0 Å². The number of carbonyl (C=O) groups is 3. The van der Waals surface area contributed by atoms with E-state index in [4.69, 9.17) is 16.3 Å². The molecular weight excluding hydrogens is 432 g/mol. The second-order valence-electron chi connectivity index (χ2n) is 7.55. The number of hydrogen-bond acceptors (Lipinski definition) is 5. The lowest BCUT2D eigenvalue weighted by molar-refractivity contribution is -0.139. The maximum Gasteiger partial charge on any atom is 0.317 e. The van der Waals surface area contributed by atoms with E-state index < -0.39 is 23.8 Å². The molecule has 1 aliphatic rings. The molecule has 0 saturated heterocycles. The molecule has 1 saturated carbocycles. The van der Waals surface area contributed by atoms with E-state index in [9.17, 15) is 14.4 Å². The van der Waals surface area contributed by atoms with Crippen LogP contribution in [0.15, 0.2) is 48.8 Å². The van der Waals surface area contributed by atoms with Gasteiger partial charge in [0.15, 0.2) is 0 Å². The highest BCUT2D eigenvalue weighted by Gasteiger charge is 2.37. The fourth-order valence-electron chi connectivity index (χ4n) is 3.77. The van der Waals surface area contributed by atoms with Gasteiger partial charge >= 0.3 is 11.8 Å². The van der Waals surface area contributed by atoms with Gasteiger partial charge in [-0.1, -0.05) is 42.6 Å². The number of ether oxygens (including phenoxy) is 1. The number of benzene rings is 1. The summed E-state index contributed by atoms with van der Waals surface area (Å²) in [7, 11) is 1.52. The van der Waals surface area contributed by atoms with E-state index in [1.165, 1.54) is 13.3 Å². The molecule has 2 aromatic rings. The van der Waals surface area contributed by atoms with Crippen LogP contribution >= 0.6 is 11.6 Å².